The zero-order valence-corrected chi connectivity index (χ0v) is 11.1. The third-order valence-corrected chi connectivity index (χ3v) is 4.41. The van der Waals surface area contributed by atoms with Crippen LogP contribution in [0, 0.1) is 0 Å². The average Bonchev–Trinajstić information content (AvgIpc) is 2.66. The number of hydrogen-bond donors (Lipinski definition) is 2. The van der Waals surface area contributed by atoms with Crippen LogP contribution < -0.4 is 10.6 Å². The third kappa shape index (κ3) is 1.99. The molecule has 1 atom stereocenters. The van der Waals surface area contributed by atoms with Gasteiger partial charge < -0.3 is 10.6 Å². The van der Waals surface area contributed by atoms with Gasteiger partial charge in [-0.25, -0.2) is 0 Å². The number of hydrogen-bond acceptors (Lipinski definition) is 2. The first kappa shape index (κ1) is 12.9. The van der Waals surface area contributed by atoms with E-state index in [2.05, 4.69) is 41.9 Å². The summed E-state index contributed by atoms with van der Waals surface area (Å²) in [6.45, 7) is 2.34. The van der Waals surface area contributed by atoms with Gasteiger partial charge in [0, 0.05) is 6.04 Å². The van der Waals surface area contributed by atoms with Gasteiger partial charge in [-0.15, -0.1) is 12.4 Å². The number of fused-ring (bicyclic) bond motifs is 2. The van der Waals surface area contributed by atoms with Crippen LogP contribution in [0.5, 0.6) is 0 Å². The Morgan fingerprint density at radius 3 is 2.65 bits per heavy atom. The highest BCUT2D eigenvalue weighted by Crippen LogP contribution is 2.49. The van der Waals surface area contributed by atoms with E-state index in [-0.39, 0.29) is 12.4 Å². The molecule has 1 aliphatic heterocycles. The van der Waals surface area contributed by atoms with E-state index in [1.54, 1.807) is 5.56 Å². The standard InChI is InChI=1S/C14H20N2.ClH/c1-15-13-10-14(6-8-16-9-7-14)12-5-3-2-4-11(12)13;/h2-5,13,15-16H,6-10H2,1H3;1H/t13-;/m1./s1. The summed E-state index contributed by atoms with van der Waals surface area (Å²) >= 11 is 0. The maximum Gasteiger partial charge on any atom is 0.0329 e. The lowest BCUT2D eigenvalue weighted by molar-refractivity contribution is 0.286. The van der Waals surface area contributed by atoms with Crippen LogP contribution in [0.15, 0.2) is 24.3 Å². The van der Waals surface area contributed by atoms with Crippen LogP contribution in [0.25, 0.3) is 0 Å². The fourth-order valence-corrected chi connectivity index (χ4v) is 3.53. The van der Waals surface area contributed by atoms with E-state index in [0.717, 1.165) is 0 Å². The maximum absolute atomic E-state index is 3.48. The third-order valence-electron chi connectivity index (χ3n) is 4.41. The van der Waals surface area contributed by atoms with Crippen molar-refractivity contribution in [2.75, 3.05) is 20.1 Å². The number of benzene rings is 1. The molecule has 1 heterocycles. The Hall–Kier alpha value is -0.570. The highest BCUT2D eigenvalue weighted by atomic mass is 35.5. The van der Waals surface area contributed by atoms with Crippen molar-refractivity contribution in [3.05, 3.63) is 35.4 Å². The fourth-order valence-electron chi connectivity index (χ4n) is 3.53. The van der Waals surface area contributed by atoms with E-state index in [4.69, 9.17) is 0 Å². The van der Waals surface area contributed by atoms with Crippen LogP contribution in [0.2, 0.25) is 0 Å². The summed E-state index contributed by atoms with van der Waals surface area (Å²) in [4.78, 5) is 0. The predicted octanol–water partition coefficient (Wildman–Crippen LogP) is 2.39. The Morgan fingerprint density at radius 1 is 1.24 bits per heavy atom. The first-order valence-electron chi connectivity index (χ1n) is 6.33. The van der Waals surface area contributed by atoms with E-state index in [1.165, 1.54) is 37.9 Å². The quantitative estimate of drug-likeness (QED) is 0.802. The second-order valence-corrected chi connectivity index (χ2v) is 5.16. The Balaban J connectivity index is 0.00000108. The van der Waals surface area contributed by atoms with Gasteiger partial charge in [0.1, 0.15) is 0 Å². The fraction of sp³-hybridized carbons (Fsp3) is 0.571. The molecule has 1 aromatic carbocycles. The van der Waals surface area contributed by atoms with Crippen LogP contribution in [0.3, 0.4) is 0 Å². The van der Waals surface area contributed by atoms with Gasteiger partial charge in [0.2, 0.25) is 0 Å². The first-order chi connectivity index (χ1) is 7.86. The monoisotopic (exact) mass is 252 g/mol. The molecular formula is C14H21ClN2. The molecule has 94 valence electrons. The Labute approximate surface area is 110 Å². The zero-order valence-electron chi connectivity index (χ0n) is 10.3. The molecule has 0 aromatic heterocycles. The lowest BCUT2D eigenvalue weighted by Crippen LogP contribution is -2.38. The van der Waals surface area contributed by atoms with E-state index >= 15 is 0 Å². The van der Waals surface area contributed by atoms with Crippen molar-refractivity contribution in [1.82, 2.24) is 10.6 Å². The van der Waals surface area contributed by atoms with Crippen molar-refractivity contribution in [3.8, 4) is 0 Å². The molecule has 2 aliphatic rings. The molecule has 0 bridgehead atoms. The van der Waals surface area contributed by atoms with E-state index in [1.807, 2.05) is 0 Å². The molecule has 3 heteroatoms. The molecule has 1 aliphatic carbocycles. The van der Waals surface area contributed by atoms with Gasteiger partial charge in [0.25, 0.3) is 0 Å². The summed E-state index contributed by atoms with van der Waals surface area (Å²) in [5.74, 6) is 0. The molecule has 0 saturated carbocycles. The molecular weight excluding hydrogens is 232 g/mol. The summed E-state index contributed by atoms with van der Waals surface area (Å²) in [7, 11) is 2.08. The van der Waals surface area contributed by atoms with Crippen molar-refractivity contribution < 1.29 is 0 Å². The van der Waals surface area contributed by atoms with Crippen LogP contribution in [0.4, 0.5) is 0 Å². The van der Waals surface area contributed by atoms with Crippen molar-refractivity contribution in [3.63, 3.8) is 0 Å². The van der Waals surface area contributed by atoms with Crippen molar-refractivity contribution in [2.45, 2.75) is 30.7 Å². The number of rotatable bonds is 1. The number of nitrogens with one attached hydrogen (secondary N) is 2. The summed E-state index contributed by atoms with van der Waals surface area (Å²) in [5, 5.41) is 6.95. The topological polar surface area (TPSA) is 24.1 Å². The summed E-state index contributed by atoms with van der Waals surface area (Å²) in [6, 6.07) is 9.57. The van der Waals surface area contributed by atoms with Crippen LogP contribution >= 0.6 is 12.4 Å². The second kappa shape index (κ2) is 4.97. The van der Waals surface area contributed by atoms with Gasteiger partial charge in [0.05, 0.1) is 0 Å². The van der Waals surface area contributed by atoms with Gasteiger partial charge >= 0.3 is 0 Å². The molecule has 2 nitrogen and oxygen atoms in total. The maximum atomic E-state index is 3.48. The minimum Gasteiger partial charge on any atom is -0.317 e. The molecule has 1 saturated heterocycles. The average molecular weight is 253 g/mol. The van der Waals surface area contributed by atoms with Gasteiger partial charge in [-0.1, -0.05) is 24.3 Å². The van der Waals surface area contributed by atoms with Gasteiger partial charge in [0.15, 0.2) is 0 Å². The summed E-state index contributed by atoms with van der Waals surface area (Å²) < 4.78 is 0. The Kier molecular flexibility index (Phi) is 3.76. The SMILES string of the molecule is CN[C@@H]1CC2(CCNCC2)c2ccccc21.Cl. The predicted molar refractivity (Wildman–Crippen MR) is 73.9 cm³/mol. The molecule has 1 fully saturated rings. The smallest absolute Gasteiger partial charge is 0.0329 e. The molecule has 2 N–H and O–H groups in total. The normalized spacial score (nSPS) is 25.4. The summed E-state index contributed by atoms with van der Waals surface area (Å²) in [5.41, 5.74) is 3.60. The van der Waals surface area contributed by atoms with Crippen LogP contribution in [-0.4, -0.2) is 20.1 Å². The minimum absolute atomic E-state index is 0. The zero-order chi connectivity index (χ0) is 11.0. The van der Waals surface area contributed by atoms with Crippen molar-refractivity contribution >= 4 is 12.4 Å². The minimum atomic E-state index is 0. The van der Waals surface area contributed by atoms with Crippen molar-refractivity contribution in [2.24, 2.45) is 0 Å². The molecule has 3 rings (SSSR count). The Bertz CT molecular complexity index is 386. The van der Waals surface area contributed by atoms with Crippen LogP contribution in [0.1, 0.15) is 36.4 Å². The first-order valence-corrected chi connectivity index (χ1v) is 6.33. The summed E-state index contributed by atoms with van der Waals surface area (Å²) in [6.07, 6.45) is 3.87. The van der Waals surface area contributed by atoms with Crippen molar-refractivity contribution in [1.29, 1.82) is 0 Å². The van der Waals surface area contributed by atoms with E-state index < -0.39 is 0 Å². The number of halogens is 1. The molecule has 0 radical (unpaired) electrons. The largest absolute Gasteiger partial charge is 0.317 e. The van der Waals surface area contributed by atoms with E-state index in [9.17, 15) is 0 Å². The number of piperidine rings is 1. The molecule has 17 heavy (non-hydrogen) atoms. The highest BCUT2D eigenvalue weighted by Gasteiger charge is 2.43. The molecule has 0 unspecified atom stereocenters. The lowest BCUT2D eigenvalue weighted by Gasteiger charge is -2.35. The molecule has 1 aromatic rings. The second-order valence-electron chi connectivity index (χ2n) is 5.16. The molecule has 0 amide bonds. The van der Waals surface area contributed by atoms with Gasteiger partial charge in [-0.3, -0.25) is 0 Å². The lowest BCUT2D eigenvalue weighted by atomic mass is 9.74. The van der Waals surface area contributed by atoms with E-state index in [0.29, 0.717) is 11.5 Å². The van der Waals surface area contributed by atoms with Gasteiger partial charge in [-0.05, 0) is 55.9 Å². The highest BCUT2D eigenvalue weighted by molar-refractivity contribution is 5.85. The Morgan fingerprint density at radius 2 is 1.94 bits per heavy atom. The van der Waals surface area contributed by atoms with Gasteiger partial charge in [-0.2, -0.15) is 0 Å². The van der Waals surface area contributed by atoms with Crippen LogP contribution in [-0.2, 0) is 5.41 Å². The molecule has 1 spiro atoms.